The van der Waals surface area contributed by atoms with Crippen LogP contribution < -0.4 is 10.6 Å². The molecule has 0 aromatic heterocycles. The number of aliphatic imine (C=N–C) groups is 1. The Morgan fingerprint density at radius 1 is 1.33 bits per heavy atom. The van der Waals surface area contributed by atoms with E-state index in [1.54, 1.807) is 16.1 Å². The van der Waals surface area contributed by atoms with E-state index in [0.717, 1.165) is 17.1 Å². The van der Waals surface area contributed by atoms with Crippen LogP contribution >= 0.6 is 47.3 Å². The molecule has 1 atom stereocenters. The molecule has 2 rings (SSSR count). The topological polar surface area (TPSA) is 73.8 Å². The largest absolute Gasteiger partial charge is 0.357 e. The standard InChI is InChI=1S/C17H27ClN4O2S2.HI/c1-3-19-17(21-14(2)15-6-4-5-7-16(15)18)20-8-13-26(23,24)22-9-11-25-12-10-22;/h4-7,14H,3,8-13H2,1-2H3,(H2,19,20,21);1H. The first kappa shape index (κ1) is 24.8. The van der Waals surface area contributed by atoms with Crippen molar-refractivity contribution >= 4 is 63.3 Å². The summed E-state index contributed by atoms with van der Waals surface area (Å²) in [5, 5.41) is 7.12. The van der Waals surface area contributed by atoms with Crippen LogP contribution in [0.3, 0.4) is 0 Å². The van der Waals surface area contributed by atoms with Gasteiger partial charge in [0.2, 0.25) is 10.0 Å². The van der Waals surface area contributed by atoms with Gasteiger partial charge in [0.15, 0.2) is 5.96 Å². The molecule has 6 nitrogen and oxygen atoms in total. The lowest BCUT2D eigenvalue weighted by atomic mass is 10.1. The van der Waals surface area contributed by atoms with Gasteiger partial charge in [-0.25, -0.2) is 12.7 Å². The van der Waals surface area contributed by atoms with Crippen molar-refractivity contribution in [2.24, 2.45) is 4.99 Å². The zero-order chi connectivity index (χ0) is 19.0. The summed E-state index contributed by atoms with van der Waals surface area (Å²) >= 11 is 8.03. The maximum atomic E-state index is 12.4. The first-order valence-electron chi connectivity index (χ1n) is 8.79. The first-order chi connectivity index (χ1) is 12.4. The van der Waals surface area contributed by atoms with Crippen molar-refractivity contribution in [3.63, 3.8) is 0 Å². The van der Waals surface area contributed by atoms with Crippen LogP contribution in [0.1, 0.15) is 25.5 Å². The van der Waals surface area contributed by atoms with E-state index >= 15 is 0 Å². The predicted octanol–water partition coefficient (Wildman–Crippen LogP) is 2.95. The Morgan fingerprint density at radius 3 is 2.63 bits per heavy atom. The molecule has 0 aliphatic carbocycles. The van der Waals surface area contributed by atoms with Gasteiger partial charge in [0.1, 0.15) is 0 Å². The van der Waals surface area contributed by atoms with E-state index in [1.165, 1.54) is 0 Å². The number of sulfonamides is 1. The summed E-state index contributed by atoms with van der Waals surface area (Å²) in [7, 11) is -3.25. The quantitative estimate of drug-likeness (QED) is 0.313. The minimum Gasteiger partial charge on any atom is -0.357 e. The highest BCUT2D eigenvalue weighted by molar-refractivity contribution is 14.0. The molecule has 0 spiro atoms. The maximum absolute atomic E-state index is 12.4. The van der Waals surface area contributed by atoms with Crippen molar-refractivity contribution in [1.82, 2.24) is 14.9 Å². The zero-order valence-electron chi connectivity index (χ0n) is 15.7. The van der Waals surface area contributed by atoms with Crippen LogP contribution in [-0.4, -0.2) is 62.1 Å². The van der Waals surface area contributed by atoms with Crippen LogP contribution in [0.25, 0.3) is 0 Å². The van der Waals surface area contributed by atoms with E-state index in [4.69, 9.17) is 11.6 Å². The molecule has 2 N–H and O–H groups in total. The van der Waals surface area contributed by atoms with Gasteiger partial charge in [0, 0.05) is 36.2 Å². The molecule has 154 valence electrons. The summed E-state index contributed by atoms with van der Waals surface area (Å²) in [6.45, 7) is 6.07. The second-order valence-electron chi connectivity index (χ2n) is 5.98. The first-order valence-corrected chi connectivity index (χ1v) is 11.9. The highest BCUT2D eigenvalue weighted by atomic mass is 127. The lowest BCUT2D eigenvalue weighted by Gasteiger charge is -2.25. The molecule has 1 aromatic carbocycles. The molecule has 1 saturated heterocycles. The van der Waals surface area contributed by atoms with Gasteiger partial charge in [0.25, 0.3) is 0 Å². The molecule has 1 aliphatic rings. The highest BCUT2D eigenvalue weighted by Crippen LogP contribution is 2.22. The van der Waals surface area contributed by atoms with Gasteiger partial charge in [-0.1, -0.05) is 29.8 Å². The molecule has 1 aromatic rings. The molecule has 0 radical (unpaired) electrons. The SMILES string of the molecule is CCNC(=NCCS(=O)(=O)N1CCSCC1)NC(C)c1ccccc1Cl.I. The van der Waals surface area contributed by atoms with Crippen LogP contribution in [-0.2, 0) is 10.0 Å². The molecule has 1 aliphatic heterocycles. The van der Waals surface area contributed by atoms with Gasteiger partial charge in [-0.3, -0.25) is 4.99 Å². The summed E-state index contributed by atoms with van der Waals surface area (Å²) in [6, 6.07) is 7.59. The van der Waals surface area contributed by atoms with E-state index in [2.05, 4.69) is 15.6 Å². The third-order valence-corrected chi connectivity index (χ3v) is 7.19. The smallest absolute Gasteiger partial charge is 0.215 e. The molecule has 1 heterocycles. The third-order valence-electron chi connectivity index (χ3n) is 4.05. The average molecular weight is 547 g/mol. The Bertz CT molecular complexity index is 713. The van der Waals surface area contributed by atoms with Gasteiger partial charge >= 0.3 is 0 Å². The van der Waals surface area contributed by atoms with Crippen molar-refractivity contribution in [2.75, 3.05) is 43.4 Å². The van der Waals surface area contributed by atoms with Gasteiger partial charge in [0.05, 0.1) is 18.3 Å². The highest BCUT2D eigenvalue weighted by Gasteiger charge is 2.23. The molecular formula is C17H28ClIN4O2S2. The average Bonchev–Trinajstić information content (AvgIpc) is 2.62. The van der Waals surface area contributed by atoms with Crippen molar-refractivity contribution in [1.29, 1.82) is 0 Å². The van der Waals surface area contributed by atoms with Gasteiger partial charge < -0.3 is 10.6 Å². The lowest BCUT2D eigenvalue weighted by Crippen LogP contribution is -2.41. The Morgan fingerprint density at radius 2 is 2.00 bits per heavy atom. The fourth-order valence-corrected chi connectivity index (χ4v) is 5.41. The van der Waals surface area contributed by atoms with Crippen molar-refractivity contribution in [2.45, 2.75) is 19.9 Å². The van der Waals surface area contributed by atoms with Crippen molar-refractivity contribution in [3.05, 3.63) is 34.9 Å². The minimum absolute atomic E-state index is 0. The van der Waals surface area contributed by atoms with Gasteiger partial charge in [-0.05, 0) is 25.5 Å². The number of halogens is 2. The number of hydrogen-bond donors (Lipinski definition) is 2. The predicted molar refractivity (Wildman–Crippen MR) is 127 cm³/mol. The fraction of sp³-hybridized carbons (Fsp3) is 0.588. The molecule has 10 heteroatoms. The molecular weight excluding hydrogens is 519 g/mol. The number of benzene rings is 1. The molecule has 0 bridgehead atoms. The summed E-state index contributed by atoms with van der Waals surface area (Å²) in [5.41, 5.74) is 0.971. The van der Waals surface area contributed by atoms with Crippen molar-refractivity contribution in [3.8, 4) is 0 Å². The lowest BCUT2D eigenvalue weighted by molar-refractivity contribution is 0.444. The summed E-state index contributed by atoms with van der Waals surface area (Å²) in [6.07, 6.45) is 0. The van der Waals surface area contributed by atoms with E-state index in [9.17, 15) is 8.42 Å². The number of rotatable bonds is 7. The Hall–Kier alpha value is -0.230. The number of nitrogens with one attached hydrogen (secondary N) is 2. The molecule has 0 amide bonds. The zero-order valence-corrected chi connectivity index (χ0v) is 20.4. The number of thioether (sulfide) groups is 1. The minimum atomic E-state index is -3.25. The Kier molecular flexibility index (Phi) is 11.4. The van der Waals surface area contributed by atoms with Crippen LogP contribution in [0.2, 0.25) is 5.02 Å². The second-order valence-corrected chi connectivity index (χ2v) is 9.70. The van der Waals surface area contributed by atoms with E-state index in [1.807, 2.05) is 38.1 Å². The fourth-order valence-electron chi connectivity index (χ4n) is 2.66. The van der Waals surface area contributed by atoms with E-state index in [-0.39, 0.29) is 42.3 Å². The summed E-state index contributed by atoms with van der Waals surface area (Å²) in [5.74, 6) is 2.34. The van der Waals surface area contributed by atoms with Crippen LogP contribution in [0.5, 0.6) is 0 Å². The van der Waals surface area contributed by atoms with Crippen LogP contribution in [0.4, 0.5) is 0 Å². The molecule has 1 fully saturated rings. The maximum Gasteiger partial charge on any atom is 0.215 e. The monoisotopic (exact) mass is 546 g/mol. The van der Waals surface area contributed by atoms with Gasteiger partial charge in [-0.2, -0.15) is 11.8 Å². The van der Waals surface area contributed by atoms with Crippen molar-refractivity contribution < 1.29 is 8.42 Å². The summed E-state index contributed by atoms with van der Waals surface area (Å²) in [4.78, 5) is 4.43. The number of hydrogen-bond acceptors (Lipinski definition) is 4. The number of guanidine groups is 1. The summed E-state index contributed by atoms with van der Waals surface area (Å²) < 4.78 is 26.4. The van der Waals surface area contributed by atoms with E-state index in [0.29, 0.717) is 30.6 Å². The third kappa shape index (κ3) is 7.96. The Balaban J connectivity index is 0.00000364. The molecule has 0 saturated carbocycles. The second kappa shape index (κ2) is 12.4. The Labute approximate surface area is 189 Å². The van der Waals surface area contributed by atoms with Crippen LogP contribution in [0, 0.1) is 0 Å². The normalized spacial score (nSPS) is 17.1. The van der Waals surface area contributed by atoms with Crippen LogP contribution in [0.15, 0.2) is 29.3 Å². The van der Waals surface area contributed by atoms with E-state index < -0.39 is 10.0 Å². The molecule has 1 unspecified atom stereocenters. The van der Waals surface area contributed by atoms with Gasteiger partial charge in [-0.15, -0.1) is 24.0 Å². The molecule has 27 heavy (non-hydrogen) atoms. The number of nitrogens with zero attached hydrogens (tertiary/aromatic N) is 2.